The maximum atomic E-state index is 14.2. The van der Waals surface area contributed by atoms with Crippen molar-refractivity contribution in [3.63, 3.8) is 0 Å². The number of nitrogens with zero attached hydrogens (tertiary/aromatic N) is 3. The van der Waals surface area contributed by atoms with Crippen LogP contribution in [0.3, 0.4) is 0 Å². The van der Waals surface area contributed by atoms with Gasteiger partial charge in [-0.15, -0.1) is 0 Å². The van der Waals surface area contributed by atoms with Crippen LogP contribution in [0, 0.1) is 5.82 Å². The lowest BCUT2D eigenvalue weighted by Gasteiger charge is -2.15. The average molecular weight is 275 g/mol. The molecule has 1 aromatic heterocycles. The number of hydrogen-bond acceptors (Lipinski definition) is 4. The number of methoxy groups -OCH3 is 1. The molecule has 0 saturated heterocycles. The minimum atomic E-state index is -0.461. The van der Waals surface area contributed by atoms with Gasteiger partial charge in [-0.1, -0.05) is 5.16 Å². The van der Waals surface area contributed by atoms with E-state index in [0.717, 1.165) is 30.2 Å². The topological polar surface area (TPSA) is 59.6 Å². The van der Waals surface area contributed by atoms with Crippen molar-refractivity contribution in [3.8, 4) is 5.75 Å². The lowest BCUT2D eigenvalue weighted by molar-refractivity contribution is 0.321. The van der Waals surface area contributed by atoms with Crippen LogP contribution in [0.1, 0.15) is 29.2 Å². The van der Waals surface area contributed by atoms with Gasteiger partial charge < -0.3 is 9.94 Å². The third-order valence-corrected chi connectivity index (χ3v) is 3.67. The molecule has 1 unspecified atom stereocenters. The molecular formula is C14H14FN3O2. The Labute approximate surface area is 115 Å². The molecule has 6 heteroatoms. The lowest BCUT2D eigenvalue weighted by Crippen LogP contribution is -2.09. The predicted molar refractivity (Wildman–Crippen MR) is 71.0 cm³/mol. The van der Waals surface area contributed by atoms with Crippen molar-refractivity contribution in [1.82, 2.24) is 9.78 Å². The first kappa shape index (κ1) is 12.7. The van der Waals surface area contributed by atoms with Crippen molar-refractivity contribution in [2.24, 2.45) is 5.16 Å². The summed E-state index contributed by atoms with van der Waals surface area (Å²) in [6.07, 6.45) is 6.25. The van der Waals surface area contributed by atoms with Gasteiger partial charge in [0.15, 0.2) is 0 Å². The molecule has 1 aromatic carbocycles. The molecule has 1 N–H and O–H groups in total. The fraction of sp³-hybridized carbons (Fsp3) is 0.286. The maximum Gasteiger partial charge on any atom is 0.136 e. The molecule has 2 aromatic rings. The van der Waals surface area contributed by atoms with Crippen LogP contribution in [-0.4, -0.2) is 28.3 Å². The lowest BCUT2D eigenvalue weighted by atomic mass is 10.0. The monoisotopic (exact) mass is 275 g/mol. The molecule has 5 nitrogen and oxygen atoms in total. The van der Waals surface area contributed by atoms with Crippen molar-refractivity contribution < 1.29 is 14.3 Å². The van der Waals surface area contributed by atoms with Crippen LogP contribution in [0.4, 0.5) is 4.39 Å². The Balaban J connectivity index is 2.15. The molecule has 0 amide bonds. The van der Waals surface area contributed by atoms with E-state index in [1.54, 1.807) is 6.20 Å². The molecule has 1 aliphatic rings. The highest BCUT2D eigenvalue weighted by Gasteiger charge is 2.30. The van der Waals surface area contributed by atoms with Gasteiger partial charge in [0.05, 0.1) is 24.9 Å². The van der Waals surface area contributed by atoms with Gasteiger partial charge in [0.2, 0.25) is 0 Å². The third-order valence-electron chi connectivity index (χ3n) is 3.67. The van der Waals surface area contributed by atoms with E-state index in [4.69, 9.17) is 9.94 Å². The summed E-state index contributed by atoms with van der Waals surface area (Å²) in [7, 11) is 1.49. The first-order valence-electron chi connectivity index (χ1n) is 6.32. The molecule has 0 bridgehead atoms. The second-order valence-corrected chi connectivity index (χ2v) is 4.66. The minimum absolute atomic E-state index is 0.0171. The number of aromatic nitrogens is 2. The zero-order valence-electron chi connectivity index (χ0n) is 11.0. The third kappa shape index (κ3) is 1.84. The highest BCUT2D eigenvalue weighted by molar-refractivity contribution is 5.85. The van der Waals surface area contributed by atoms with Gasteiger partial charge in [-0.25, -0.2) is 4.39 Å². The van der Waals surface area contributed by atoms with Crippen LogP contribution >= 0.6 is 0 Å². The zero-order chi connectivity index (χ0) is 14.1. The molecular weight excluding hydrogens is 261 g/mol. The van der Waals surface area contributed by atoms with E-state index in [1.807, 2.05) is 16.9 Å². The molecule has 3 rings (SSSR count). The van der Waals surface area contributed by atoms with Crippen LogP contribution < -0.4 is 4.74 Å². The Morgan fingerprint density at radius 2 is 2.45 bits per heavy atom. The maximum absolute atomic E-state index is 14.2. The van der Waals surface area contributed by atoms with Crippen molar-refractivity contribution in [2.45, 2.75) is 18.9 Å². The van der Waals surface area contributed by atoms with E-state index in [1.165, 1.54) is 13.2 Å². The summed E-state index contributed by atoms with van der Waals surface area (Å²) in [5, 5.41) is 15.8. The Kier molecular flexibility index (Phi) is 3.14. The number of oxime groups is 1. The largest absolute Gasteiger partial charge is 0.496 e. The van der Waals surface area contributed by atoms with E-state index in [0.29, 0.717) is 5.75 Å². The van der Waals surface area contributed by atoms with Crippen LogP contribution in [0.5, 0.6) is 5.75 Å². The second kappa shape index (κ2) is 4.96. The molecule has 1 atom stereocenters. The van der Waals surface area contributed by atoms with Crippen molar-refractivity contribution >= 4 is 6.21 Å². The van der Waals surface area contributed by atoms with Gasteiger partial charge in [-0.3, -0.25) is 4.68 Å². The van der Waals surface area contributed by atoms with Crippen molar-refractivity contribution in [3.05, 3.63) is 47.0 Å². The van der Waals surface area contributed by atoms with Crippen LogP contribution in [0.15, 0.2) is 29.7 Å². The summed E-state index contributed by atoms with van der Waals surface area (Å²) < 4.78 is 21.3. The molecule has 0 aliphatic heterocycles. The molecule has 20 heavy (non-hydrogen) atoms. The summed E-state index contributed by atoms with van der Waals surface area (Å²) in [5.74, 6) is -0.0232. The number of rotatable bonds is 3. The number of halogens is 1. The SMILES string of the molecule is COc1c(C=NO)c(F)cc2c1CCC2n1cccn1. The van der Waals surface area contributed by atoms with E-state index < -0.39 is 5.82 Å². The van der Waals surface area contributed by atoms with Crippen LogP contribution in [0.25, 0.3) is 0 Å². The fourth-order valence-corrected chi connectivity index (χ4v) is 2.85. The minimum Gasteiger partial charge on any atom is -0.496 e. The summed E-state index contributed by atoms with van der Waals surface area (Å²) in [6, 6.07) is 3.34. The summed E-state index contributed by atoms with van der Waals surface area (Å²) >= 11 is 0. The van der Waals surface area contributed by atoms with Gasteiger partial charge in [0, 0.05) is 18.0 Å². The number of hydrogen-bond donors (Lipinski definition) is 1. The highest BCUT2D eigenvalue weighted by Crippen LogP contribution is 2.41. The molecule has 1 aliphatic carbocycles. The normalized spacial score (nSPS) is 17.6. The number of benzene rings is 1. The average Bonchev–Trinajstić information content (AvgIpc) is 3.08. The van der Waals surface area contributed by atoms with Gasteiger partial charge in [0.25, 0.3) is 0 Å². The Hall–Kier alpha value is -2.37. The van der Waals surface area contributed by atoms with E-state index >= 15 is 0 Å². The quantitative estimate of drug-likeness (QED) is 0.531. The van der Waals surface area contributed by atoms with Gasteiger partial charge in [-0.05, 0) is 30.5 Å². The first-order chi connectivity index (χ1) is 9.76. The smallest absolute Gasteiger partial charge is 0.136 e. The van der Waals surface area contributed by atoms with Crippen LogP contribution in [-0.2, 0) is 6.42 Å². The Bertz CT molecular complexity index is 653. The fourth-order valence-electron chi connectivity index (χ4n) is 2.85. The summed E-state index contributed by atoms with van der Waals surface area (Å²) in [5.41, 5.74) is 2.00. The van der Waals surface area contributed by atoms with Gasteiger partial charge in [-0.2, -0.15) is 5.10 Å². The predicted octanol–water partition coefficient (Wildman–Crippen LogP) is 2.37. The second-order valence-electron chi connectivity index (χ2n) is 4.66. The van der Waals surface area contributed by atoms with E-state index in [9.17, 15) is 4.39 Å². The number of fused-ring (bicyclic) bond motifs is 1. The Morgan fingerprint density at radius 1 is 1.60 bits per heavy atom. The van der Waals surface area contributed by atoms with Gasteiger partial charge >= 0.3 is 0 Å². The first-order valence-corrected chi connectivity index (χ1v) is 6.32. The zero-order valence-corrected chi connectivity index (χ0v) is 11.0. The Morgan fingerprint density at radius 3 is 3.10 bits per heavy atom. The molecule has 104 valence electrons. The number of ether oxygens (including phenoxy) is 1. The molecule has 0 saturated carbocycles. The molecule has 0 radical (unpaired) electrons. The standard InChI is InChI=1S/C14H14FN3O2/c1-20-14-9-3-4-13(18-6-2-5-16-18)10(9)7-12(15)11(14)8-17-19/h2,5-8,13,19H,3-4H2,1H3. The summed E-state index contributed by atoms with van der Waals surface area (Å²) in [4.78, 5) is 0. The molecule has 0 fully saturated rings. The van der Waals surface area contributed by atoms with E-state index in [2.05, 4.69) is 10.3 Å². The highest BCUT2D eigenvalue weighted by atomic mass is 19.1. The molecule has 0 spiro atoms. The molecule has 1 heterocycles. The summed E-state index contributed by atoms with van der Waals surface area (Å²) in [6.45, 7) is 0. The van der Waals surface area contributed by atoms with Crippen molar-refractivity contribution in [2.75, 3.05) is 7.11 Å². The van der Waals surface area contributed by atoms with E-state index in [-0.39, 0.29) is 11.6 Å². The van der Waals surface area contributed by atoms with Crippen molar-refractivity contribution in [1.29, 1.82) is 0 Å². The van der Waals surface area contributed by atoms with Gasteiger partial charge in [0.1, 0.15) is 11.6 Å². The van der Waals surface area contributed by atoms with Crippen LogP contribution in [0.2, 0.25) is 0 Å².